The summed E-state index contributed by atoms with van der Waals surface area (Å²) in [4.78, 5) is 11.9. The van der Waals surface area contributed by atoms with Crippen molar-refractivity contribution in [2.24, 2.45) is 0 Å². The normalized spacial score (nSPS) is 17.9. The number of nitrogens with one attached hydrogen (secondary N) is 1. The lowest BCUT2D eigenvalue weighted by atomic mass is 10.1. The average molecular weight is 296 g/mol. The summed E-state index contributed by atoms with van der Waals surface area (Å²) >= 11 is 0. The summed E-state index contributed by atoms with van der Waals surface area (Å²) in [6, 6.07) is 5.09. The van der Waals surface area contributed by atoms with E-state index in [-0.39, 0.29) is 11.9 Å². The van der Waals surface area contributed by atoms with E-state index in [1.54, 1.807) is 18.2 Å². The fraction of sp³-hybridized carbons (Fsp3) is 0.500. The molecule has 0 fully saturated rings. The molecule has 1 aromatic carbocycles. The number of rotatable bonds is 4. The van der Waals surface area contributed by atoms with Crippen LogP contribution in [-0.2, 0) is 16.4 Å². The molecule has 0 bridgehead atoms. The molecule has 0 aliphatic carbocycles. The van der Waals surface area contributed by atoms with E-state index < -0.39 is 10.0 Å². The third-order valence-corrected chi connectivity index (χ3v) is 4.66. The van der Waals surface area contributed by atoms with Gasteiger partial charge in [0.2, 0.25) is 10.0 Å². The second kappa shape index (κ2) is 5.44. The first-order valence-corrected chi connectivity index (χ1v) is 8.60. The maximum Gasteiger partial charge on any atom is 0.251 e. The topological polar surface area (TPSA) is 66.5 Å². The van der Waals surface area contributed by atoms with Crippen molar-refractivity contribution in [3.63, 3.8) is 0 Å². The van der Waals surface area contributed by atoms with Gasteiger partial charge >= 0.3 is 0 Å². The summed E-state index contributed by atoms with van der Waals surface area (Å²) in [5.41, 5.74) is 2.18. The van der Waals surface area contributed by atoms with Crippen LogP contribution in [0.25, 0.3) is 0 Å². The van der Waals surface area contributed by atoms with Gasteiger partial charge in [0.25, 0.3) is 5.91 Å². The third kappa shape index (κ3) is 2.80. The molecule has 1 aliphatic rings. The largest absolute Gasteiger partial charge is 0.352 e. The number of anilines is 1. The molecule has 0 spiro atoms. The highest BCUT2D eigenvalue weighted by molar-refractivity contribution is 7.92. The molecule has 1 amide bonds. The van der Waals surface area contributed by atoms with E-state index in [2.05, 4.69) is 5.32 Å². The van der Waals surface area contributed by atoms with Crippen molar-refractivity contribution >= 4 is 21.6 Å². The fourth-order valence-corrected chi connectivity index (χ4v) is 3.85. The Morgan fingerprint density at radius 3 is 2.75 bits per heavy atom. The van der Waals surface area contributed by atoms with Gasteiger partial charge in [-0.2, -0.15) is 0 Å². The van der Waals surface area contributed by atoms with Gasteiger partial charge in [-0.15, -0.1) is 0 Å². The van der Waals surface area contributed by atoms with E-state index in [0.717, 1.165) is 12.0 Å². The van der Waals surface area contributed by atoms with Gasteiger partial charge in [0.1, 0.15) is 0 Å². The maximum atomic E-state index is 11.9. The number of nitrogens with zero attached hydrogens (tertiary/aromatic N) is 1. The Morgan fingerprint density at radius 2 is 2.15 bits per heavy atom. The molecule has 6 heteroatoms. The van der Waals surface area contributed by atoms with Gasteiger partial charge in [-0.25, -0.2) is 8.42 Å². The van der Waals surface area contributed by atoms with E-state index in [0.29, 0.717) is 24.2 Å². The number of hydrogen-bond donors (Lipinski definition) is 1. The molecule has 1 aliphatic heterocycles. The Kier molecular flexibility index (Phi) is 4.04. The van der Waals surface area contributed by atoms with E-state index in [1.165, 1.54) is 10.6 Å². The number of carbonyl (C=O) groups is 1. The summed E-state index contributed by atoms with van der Waals surface area (Å²) < 4.78 is 25.1. The Hall–Kier alpha value is -1.56. The molecule has 20 heavy (non-hydrogen) atoms. The van der Waals surface area contributed by atoms with Crippen LogP contribution in [0.1, 0.15) is 36.2 Å². The van der Waals surface area contributed by atoms with Crippen LogP contribution >= 0.6 is 0 Å². The molecule has 1 N–H and O–H groups in total. The quantitative estimate of drug-likeness (QED) is 0.916. The zero-order valence-electron chi connectivity index (χ0n) is 12.0. The van der Waals surface area contributed by atoms with Crippen LogP contribution in [0.15, 0.2) is 18.2 Å². The predicted molar refractivity (Wildman–Crippen MR) is 79.6 cm³/mol. The number of benzene rings is 1. The van der Waals surface area contributed by atoms with Crippen molar-refractivity contribution in [1.82, 2.24) is 5.32 Å². The number of amides is 1. The van der Waals surface area contributed by atoms with Crippen LogP contribution in [0, 0.1) is 0 Å². The molecule has 1 heterocycles. The van der Waals surface area contributed by atoms with Crippen molar-refractivity contribution in [3.05, 3.63) is 29.3 Å². The van der Waals surface area contributed by atoms with Gasteiger partial charge in [-0.1, -0.05) is 6.92 Å². The van der Waals surface area contributed by atoms with E-state index >= 15 is 0 Å². The maximum absolute atomic E-state index is 11.9. The number of sulfonamides is 1. The van der Waals surface area contributed by atoms with Crippen LogP contribution < -0.4 is 9.62 Å². The van der Waals surface area contributed by atoms with Crippen LogP contribution in [0.3, 0.4) is 0 Å². The zero-order chi connectivity index (χ0) is 14.9. The summed E-state index contributed by atoms with van der Waals surface area (Å²) in [6.07, 6.45) is 2.73. The molecule has 5 nitrogen and oxygen atoms in total. The molecule has 0 radical (unpaired) electrons. The predicted octanol–water partition coefficient (Wildman–Crippen LogP) is 1.54. The Balaban J connectivity index is 2.31. The Morgan fingerprint density at radius 1 is 1.45 bits per heavy atom. The van der Waals surface area contributed by atoms with Gasteiger partial charge in [0, 0.05) is 18.2 Å². The van der Waals surface area contributed by atoms with Gasteiger partial charge < -0.3 is 5.32 Å². The van der Waals surface area contributed by atoms with Crippen LogP contribution in [0.4, 0.5) is 5.69 Å². The van der Waals surface area contributed by atoms with Crippen molar-refractivity contribution in [2.75, 3.05) is 17.1 Å². The van der Waals surface area contributed by atoms with Gasteiger partial charge in [0.05, 0.1) is 11.9 Å². The summed E-state index contributed by atoms with van der Waals surface area (Å²) in [5.74, 6) is -0.111. The second-order valence-electron chi connectivity index (χ2n) is 5.21. The Bertz CT molecular complexity index is 625. The summed E-state index contributed by atoms with van der Waals surface area (Å²) in [7, 11) is -3.28. The number of fused-ring (bicyclic) bond motifs is 1. The lowest BCUT2D eigenvalue weighted by molar-refractivity contribution is 0.0953. The van der Waals surface area contributed by atoms with Crippen LogP contribution in [-0.4, -0.2) is 33.2 Å². The van der Waals surface area contributed by atoms with Gasteiger partial charge in [-0.3, -0.25) is 9.10 Å². The Labute approximate surface area is 120 Å². The molecule has 0 aromatic heterocycles. The van der Waals surface area contributed by atoms with Gasteiger partial charge in [-0.05, 0) is 43.5 Å². The van der Waals surface area contributed by atoms with E-state index in [1.807, 2.05) is 13.8 Å². The van der Waals surface area contributed by atoms with Crippen LogP contribution in [0.2, 0.25) is 0 Å². The number of hydrogen-bond acceptors (Lipinski definition) is 3. The van der Waals surface area contributed by atoms with E-state index in [4.69, 9.17) is 0 Å². The lowest BCUT2D eigenvalue weighted by Gasteiger charge is -2.21. The first-order valence-electron chi connectivity index (χ1n) is 6.75. The zero-order valence-corrected chi connectivity index (χ0v) is 12.8. The second-order valence-corrected chi connectivity index (χ2v) is 7.07. The SMILES string of the molecule is CCCNC(=O)c1ccc2c(c1)CC(C)N2S(C)(=O)=O. The van der Waals surface area contributed by atoms with Crippen molar-refractivity contribution in [2.45, 2.75) is 32.7 Å². The minimum absolute atomic E-state index is 0.103. The minimum atomic E-state index is -3.28. The molecule has 0 saturated carbocycles. The fourth-order valence-electron chi connectivity index (χ4n) is 2.59. The van der Waals surface area contributed by atoms with Gasteiger partial charge in [0.15, 0.2) is 0 Å². The summed E-state index contributed by atoms with van der Waals surface area (Å²) in [6.45, 7) is 4.51. The molecule has 1 atom stereocenters. The molecule has 110 valence electrons. The molecular weight excluding hydrogens is 276 g/mol. The van der Waals surface area contributed by atoms with Crippen molar-refractivity contribution in [1.29, 1.82) is 0 Å². The highest BCUT2D eigenvalue weighted by atomic mass is 32.2. The smallest absolute Gasteiger partial charge is 0.251 e. The average Bonchev–Trinajstić information content (AvgIpc) is 2.70. The lowest BCUT2D eigenvalue weighted by Crippen LogP contribution is -2.34. The highest BCUT2D eigenvalue weighted by Gasteiger charge is 2.32. The van der Waals surface area contributed by atoms with Crippen molar-refractivity contribution in [3.8, 4) is 0 Å². The first-order chi connectivity index (χ1) is 9.34. The monoisotopic (exact) mass is 296 g/mol. The third-order valence-electron chi connectivity index (χ3n) is 3.39. The molecular formula is C14H20N2O3S. The minimum Gasteiger partial charge on any atom is -0.352 e. The van der Waals surface area contributed by atoms with Crippen molar-refractivity contribution < 1.29 is 13.2 Å². The molecule has 1 unspecified atom stereocenters. The number of carbonyl (C=O) groups excluding carboxylic acids is 1. The van der Waals surface area contributed by atoms with E-state index in [9.17, 15) is 13.2 Å². The van der Waals surface area contributed by atoms with Crippen LogP contribution in [0.5, 0.6) is 0 Å². The molecule has 0 saturated heterocycles. The standard InChI is InChI=1S/C14H20N2O3S/c1-4-7-15-14(17)11-5-6-13-12(9-11)8-10(2)16(13)20(3,18)19/h5-6,9-10H,4,7-8H2,1-3H3,(H,15,17). The first kappa shape index (κ1) is 14.8. The highest BCUT2D eigenvalue weighted by Crippen LogP contribution is 2.34. The summed E-state index contributed by atoms with van der Waals surface area (Å²) in [5, 5.41) is 2.82. The molecule has 2 rings (SSSR count). The molecule has 1 aromatic rings.